The standard InChI is InChI=1S/C16H23NO2/c1-12(2)19-16(18)10-14-7-8-17(11-14)15-6-4-5-13(3)9-15/h4-6,9,12,14H,7-8,10-11H2,1-3H3. The maximum atomic E-state index is 11.7. The Morgan fingerprint density at radius 3 is 2.95 bits per heavy atom. The second-order valence-corrected chi connectivity index (χ2v) is 5.68. The molecule has 1 aromatic carbocycles. The van der Waals surface area contributed by atoms with Crippen LogP contribution in [0.2, 0.25) is 0 Å². The smallest absolute Gasteiger partial charge is 0.306 e. The maximum Gasteiger partial charge on any atom is 0.306 e. The van der Waals surface area contributed by atoms with Crippen molar-refractivity contribution in [3.63, 3.8) is 0 Å². The van der Waals surface area contributed by atoms with Crippen molar-refractivity contribution < 1.29 is 9.53 Å². The molecule has 0 aromatic heterocycles. The van der Waals surface area contributed by atoms with E-state index >= 15 is 0 Å². The summed E-state index contributed by atoms with van der Waals surface area (Å²) in [6.07, 6.45) is 1.60. The van der Waals surface area contributed by atoms with Crippen molar-refractivity contribution in [3.05, 3.63) is 29.8 Å². The average molecular weight is 261 g/mol. The lowest BCUT2D eigenvalue weighted by Gasteiger charge is -2.19. The quantitative estimate of drug-likeness (QED) is 0.780. The highest BCUT2D eigenvalue weighted by Gasteiger charge is 2.25. The zero-order chi connectivity index (χ0) is 13.8. The van der Waals surface area contributed by atoms with Gasteiger partial charge in [-0.1, -0.05) is 12.1 Å². The SMILES string of the molecule is Cc1cccc(N2CCC(CC(=O)OC(C)C)C2)c1. The fourth-order valence-electron chi connectivity index (χ4n) is 2.61. The van der Waals surface area contributed by atoms with Gasteiger partial charge in [0, 0.05) is 18.8 Å². The van der Waals surface area contributed by atoms with Gasteiger partial charge in [0.05, 0.1) is 12.5 Å². The Kier molecular flexibility index (Phi) is 4.46. The lowest BCUT2D eigenvalue weighted by Crippen LogP contribution is -2.21. The van der Waals surface area contributed by atoms with E-state index in [2.05, 4.69) is 36.1 Å². The number of carbonyl (C=O) groups excluding carboxylic acids is 1. The van der Waals surface area contributed by atoms with Gasteiger partial charge in [-0.15, -0.1) is 0 Å². The molecule has 0 amide bonds. The summed E-state index contributed by atoms with van der Waals surface area (Å²) in [5.74, 6) is 0.359. The molecule has 1 saturated heterocycles. The minimum absolute atomic E-state index is 0.0122. The largest absolute Gasteiger partial charge is 0.463 e. The van der Waals surface area contributed by atoms with Gasteiger partial charge in [0.15, 0.2) is 0 Å². The van der Waals surface area contributed by atoms with E-state index < -0.39 is 0 Å². The number of carbonyl (C=O) groups is 1. The Labute approximate surface area is 115 Å². The van der Waals surface area contributed by atoms with Crippen LogP contribution in [-0.4, -0.2) is 25.2 Å². The van der Waals surface area contributed by atoms with E-state index in [1.165, 1.54) is 11.3 Å². The lowest BCUT2D eigenvalue weighted by molar-refractivity contribution is -0.148. The molecule has 1 fully saturated rings. The maximum absolute atomic E-state index is 11.7. The molecule has 1 aliphatic rings. The van der Waals surface area contributed by atoms with Gasteiger partial charge in [-0.2, -0.15) is 0 Å². The van der Waals surface area contributed by atoms with E-state index in [1.807, 2.05) is 13.8 Å². The van der Waals surface area contributed by atoms with Crippen LogP contribution in [0.3, 0.4) is 0 Å². The molecule has 1 aliphatic heterocycles. The van der Waals surface area contributed by atoms with Crippen molar-refractivity contribution >= 4 is 11.7 Å². The van der Waals surface area contributed by atoms with Gasteiger partial charge < -0.3 is 9.64 Å². The normalized spacial score (nSPS) is 18.9. The van der Waals surface area contributed by atoms with Crippen LogP contribution < -0.4 is 4.90 Å². The number of hydrogen-bond donors (Lipinski definition) is 0. The molecule has 0 saturated carbocycles. The minimum Gasteiger partial charge on any atom is -0.463 e. The van der Waals surface area contributed by atoms with Crippen molar-refractivity contribution in [1.82, 2.24) is 0 Å². The third kappa shape index (κ3) is 3.98. The van der Waals surface area contributed by atoms with Crippen LogP contribution in [0.4, 0.5) is 5.69 Å². The number of esters is 1. The molecule has 3 nitrogen and oxygen atoms in total. The second kappa shape index (κ2) is 6.09. The number of aryl methyl sites for hydroxylation is 1. The number of benzene rings is 1. The van der Waals surface area contributed by atoms with Crippen molar-refractivity contribution in [2.24, 2.45) is 5.92 Å². The molecule has 0 aliphatic carbocycles. The Morgan fingerprint density at radius 1 is 1.47 bits per heavy atom. The number of hydrogen-bond acceptors (Lipinski definition) is 3. The molecular formula is C16H23NO2. The third-order valence-electron chi connectivity index (χ3n) is 3.48. The number of rotatable bonds is 4. The van der Waals surface area contributed by atoms with Gasteiger partial charge in [-0.25, -0.2) is 0 Å². The fraction of sp³-hybridized carbons (Fsp3) is 0.562. The van der Waals surface area contributed by atoms with Crippen LogP contribution in [0.25, 0.3) is 0 Å². The predicted molar refractivity (Wildman–Crippen MR) is 77.3 cm³/mol. The Hall–Kier alpha value is -1.51. The van der Waals surface area contributed by atoms with Gasteiger partial charge >= 0.3 is 5.97 Å². The van der Waals surface area contributed by atoms with Crippen LogP contribution in [0, 0.1) is 12.8 Å². The highest BCUT2D eigenvalue weighted by atomic mass is 16.5. The minimum atomic E-state index is -0.0638. The van der Waals surface area contributed by atoms with E-state index in [9.17, 15) is 4.79 Å². The summed E-state index contributed by atoms with van der Waals surface area (Å²) in [5, 5.41) is 0. The highest BCUT2D eigenvalue weighted by molar-refractivity contribution is 5.70. The summed E-state index contributed by atoms with van der Waals surface area (Å²) < 4.78 is 5.21. The first kappa shape index (κ1) is 13.9. The van der Waals surface area contributed by atoms with Gasteiger partial charge in [0.25, 0.3) is 0 Å². The monoisotopic (exact) mass is 261 g/mol. The molecule has 104 valence electrons. The van der Waals surface area contributed by atoms with Crippen LogP contribution in [-0.2, 0) is 9.53 Å². The van der Waals surface area contributed by atoms with E-state index in [-0.39, 0.29) is 12.1 Å². The predicted octanol–water partition coefficient (Wildman–Crippen LogP) is 3.16. The summed E-state index contributed by atoms with van der Waals surface area (Å²) in [6.45, 7) is 7.88. The van der Waals surface area contributed by atoms with Crippen LogP contribution in [0.1, 0.15) is 32.3 Å². The highest BCUT2D eigenvalue weighted by Crippen LogP contribution is 2.26. The molecule has 0 N–H and O–H groups in total. The summed E-state index contributed by atoms with van der Waals surface area (Å²) in [4.78, 5) is 14.0. The molecule has 0 bridgehead atoms. The van der Waals surface area contributed by atoms with Crippen molar-refractivity contribution in [3.8, 4) is 0 Å². The molecule has 19 heavy (non-hydrogen) atoms. The van der Waals surface area contributed by atoms with Crippen LogP contribution >= 0.6 is 0 Å². The van der Waals surface area contributed by atoms with Crippen molar-refractivity contribution in [2.75, 3.05) is 18.0 Å². The summed E-state index contributed by atoms with van der Waals surface area (Å²) in [5.41, 5.74) is 2.54. The zero-order valence-corrected chi connectivity index (χ0v) is 12.1. The summed E-state index contributed by atoms with van der Waals surface area (Å²) in [6, 6.07) is 8.54. The summed E-state index contributed by atoms with van der Waals surface area (Å²) in [7, 11) is 0. The molecule has 0 spiro atoms. The molecule has 2 rings (SSSR count). The molecule has 1 unspecified atom stereocenters. The molecule has 0 radical (unpaired) electrons. The number of ether oxygens (including phenoxy) is 1. The first-order chi connectivity index (χ1) is 9.04. The van der Waals surface area contributed by atoms with Crippen molar-refractivity contribution in [2.45, 2.75) is 39.7 Å². The molecule has 1 atom stereocenters. The Morgan fingerprint density at radius 2 is 2.26 bits per heavy atom. The van der Waals surface area contributed by atoms with Crippen LogP contribution in [0.15, 0.2) is 24.3 Å². The topological polar surface area (TPSA) is 29.5 Å². The molecule has 3 heteroatoms. The average Bonchev–Trinajstić information content (AvgIpc) is 2.76. The van der Waals surface area contributed by atoms with Gasteiger partial charge in [0.1, 0.15) is 0 Å². The van der Waals surface area contributed by atoms with Gasteiger partial charge in [-0.05, 0) is 50.8 Å². The fourth-order valence-corrected chi connectivity index (χ4v) is 2.61. The second-order valence-electron chi connectivity index (χ2n) is 5.68. The summed E-state index contributed by atoms with van der Waals surface area (Å²) >= 11 is 0. The zero-order valence-electron chi connectivity index (χ0n) is 12.1. The first-order valence-corrected chi connectivity index (χ1v) is 7.05. The number of anilines is 1. The molecule has 1 heterocycles. The Balaban J connectivity index is 1.88. The number of nitrogens with zero attached hydrogens (tertiary/aromatic N) is 1. The molecule has 1 aromatic rings. The van der Waals surface area contributed by atoms with Gasteiger partial charge in [0.2, 0.25) is 0 Å². The molecular weight excluding hydrogens is 238 g/mol. The van der Waals surface area contributed by atoms with E-state index in [4.69, 9.17) is 4.74 Å². The first-order valence-electron chi connectivity index (χ1n) is 7.05. The van der Waals surface area contributed by atoms with Crippen LogP contribution in [0.5, 0.6) is 0 Å². The van der Waals surface area contributed by atoms with E-state index in [1.54, 1.807) is 0 Å². The van der Waals surface area contributed by atoms with Crippen molar-refractivity contribution in [1.29, 1.82) is 0 Å². The third-order valence-corrected chi connectivity index (χ3v) is 3.48. The van der Waals surface area contributed by atoms with Gasteiger partial charge in [-0.3, -0.25) is 4.79 Å². The Bertz CT molecular complexity index is 442. The van der Waals surface area contributed by atoms with E-state index in [0.29, 0.717) is 12.3 Å². The lowest BCUT2D eigenvalue weighted by atomic mass is 10.1. The van der Waals surface area contributed by atoms with E-state index in [0.717, 1.165) is 19.5 Å².